The van der Waals surface area contributed by atoms with E-state index in [9.17, 15) is 9.59 Å². The molecule has 0 saturated carbocycles. The highest BCUT2D eigenvalue weighted by Gasteiger charge is 2.44. The average Bonchev–Trinajstić information content (AvgIpc) is 2.39. The Morgan fingerprint density at radius 2 is 1.93 bits per heavy atom. The third-order valence-electron chi connectivity index (χ3n) is 1.97. The second-order valence-corrected chi connectivity index (χ2v) is 3.68. The first-order chi connectivity index (χ1) is 6.37. The van der Waals surface area contributed by atoms with Crippen LogP contribution in [0.15, 0.2) is 12.7 Å². The van der Waals surface area contributed by atoms with Crippen LogP contribution in [0.3, 0.4) is 0 Å². The Hall–Kier alpha value is -1.00. The fourth-order valence-corrected chi connectivity index (χ4v) is 1.36. The largest absolute Gasteiger partial charge is 0.340 e. The summed E-state index contributed by atoms with van der Waals surface area (Å²) in [6.45, 7) is 8.13. The molecular weight excluding hydrogens is 184 g/mol. The molecule has 1 fully saturated rings. The number of Topliss-reactive ketones (excluding diaryl/α,β-unsaturated/α-hetero) is 2. The van der Waals surface area contributed by atoms with Crippen molar-refractivity contribution in [2.24, 2.45) is 0 Å². The maximum atomic E-state index is 11.4. The van der Waals surface area contributed by atoms with Gasteiger partial charge in [0, 0.05) is 6.92 Å². The van der Waals surface area contributed by atoms with E-state index in [-0.39, 0.29) is 0 Å². The predicted octanol–water partition coefficient (Wildman–Crippen LogP) is 0.851. The number of ether oxygens (including phenoxy) is 2. The molecule has 0 amide bonds. The van der Waals surface area contributed by atoms with Crippen molar-refractivity contribution in [2.75, 3.05) is 0 Å². The summed E-state index contributed by atoms with van der Waals surface area (Å²) in [4.78, 5) is 22.3. The van der Waals surface area contributed by atoms with Crippen molar-refractivity contribution in [1.82, 2.24) is 0 Å². The van der Waals surface area contributed by atoms with Crippen LogP contribution in [0, 0.1) is 0 Å². The van der Waals surface area contributed by atoms with Crippen LogP contribution in [0.5, 0.6) is 0 Å². The van der Waals surface area contributed by atoms with Crippen LogP contribution < -0.4 is 0 Å². The standard InChI is InChI=1S/C10H14O4/c1-5-7-9(8(12)6(2)11)14-10(3,4)13-7/h5,7,9H,1H2,2-4H3/t7-,9-/m0/s1. The monoisotopic (exact) mass is 198 g/mol. The Bertz CT molecular complexity index is 280. The molecule has 0 bridgehead atoms. The van der Waals surface area contributed by atoms with E-state index in [4.69, 9.17) is 9.47 Å². The van der Waals surface area contributed by atoms with E-state index in [0.29, 0.717) is 0 Å². The minimum atomic E-state index is -0.847. The van der Waals surface area contributed by atoms with Crippen molar-refractivity contribution in [3.05, 3.63) is 12.7 Å². The molecule has 0 N–H and O–H groups in total. The SMILES string of the molecule is C=C[C@@H]1OC(C)(C)O[C@@H]1C(=O)C(C)=O. The van der Waals surface area contributed by atoms with Crippen molar-refractivity contribution >= 4 is 11.6 Å². The summed E-state index contributed by atoms with van der Waals surface area (Å²) in [5.74, 6) is -1.93. The van der Waals surface area contributed by atoms with Gasteiger partial charge in [0.05, 0.1) is 0 Å². The molecule has 0 radical (unpaired) electrons. The molecule has 4 heteroatoms. The summed E-state index contributed by atoms with van der Waals surface area (Å²) < 4.78 is 10.7. The Labute approximate surface area is 82.9 Å². The zero-order valence-electron chi connectivity index (χ0n) is 8.57. The number of hydrogen-bond donors (Lipinski definition) is 0. The van der Waals surface area contributed by atoms with Gasteiger partial charge in [0.25, 0.3) is 0 Å². The molecule has 0 spiro atoms. The highest BCUT2D eigenvalue weighted by atomic mass is 16.8. The van der Waals surface area contributed by atoms with E-state index < -0.39 is 29.6 Å². The molecule has 0 aromatic carbocycles. The Morgan fingerprint density at radius 1 is 1.36 bits per heavy atom. The van der Waals surface area contributed by atoms with Crippen LogP contribution in [-0.2, 0) is 19.1 Å². The molecule has 1 aliphatic rings. The van der Waals surface area contributed by atoms with Crippen molar-refractivity contribution in [1.29, 1.82) is 0 Å². The van der Waals surface area contributed by atoms with Gasteiger partial charge in [-0.15, -0.1) is 6.58 Å². The van der Waals surface area contributed by atoms with Crippen LogP contribution >= 0.6 is 0 Å². The molecule has 0 aromatic heterocycles. The minimum absolute atomic E-state index is 0.525. The topological polar surface area (TPSA) is 52.6 Å². The second-order valence-electron chi connectivity index (χ2n) is 3.68. The van der Waals surface area contributed by atoms with Crippen LogP contribution in [0.4, 0.5) is 0 Å². The van der Waals surface area contributed by atoms with E-state index in [2.05, 4.69) is 6.58 Å². The van der Waals surface area contributed by atoms with Gasteiger partial charge in [-0.1, -0.05) is 6.08 Å². The Balaban J connectivity index is 2.84. The summed E-state index contributed by atoms with van der Waals surface area (Å²) in [6.07, 6.45) is 0.0849. The summed E-state index contributed by atoms with van der Waals surface area (Å²) in [5, 5.41) is 0. The minimum Gasteiger partial charge on any atom is -0.340 e. The summed E-state index contributed by atoms with van der Waals surface area (Å²) >= 11 is 0. The normalized spacial score (nSPS) is 29.9. The fourth-order valence-electron chi connectivity index (χ4n) is 1.36. The second kappa shape index (κ2) is 3.63. The molecule has 1 aliphatic heterocycles. The molecule has 1 heterocycles. The van der Waals surface area contributed by atoms with Gasteiger partial charge in [0.2, 0.25) is 5.78 Å². The highest BCUT2D eigenvalue weighted by molar-refractivity contribution is 6.38. The van der Waals surface area contributed by atoms with Crippen LogP contribution in [0.2, 0.25) is 0 Å². The maximum Gasteiger partial charge on any atom is 0.229 e. The van der Waals surface area contributed by atoms with Gasteiger partial charge in [-0.2, -0.15) is 0 Å². The maximum absolute atomic E-state index is 11.4. The van der Waals surface area contributed by atoms with E-state index in [1.807, 2.05) is 0 Å². The number of carbonyl (C=O) groups is 2. The molecule has 14 heavy (non-hydrogen) atoms. The van der Waals surface area contributed by atoms with Crippen LogP contribution in [-0.4, -0.2) is 29.6 Å². The number of carbonyl (C=O) groups excluding carboxylic acids is 2. The van der Waals surface area contributed by atoms with Crippen LogP contribution in [0.1, 0.15) is 20.8 Å². The highest BCUT2D eigenvalue weighted by Crippen LogP contribution is 2.29. The van der Waals surface area contributed by atoms with E-state index in [1.54, 1.807) is 13.8 Å². The lowest BCUT2D eigenvalue weighted by Gasteiger charge is -2.15. The molecular formula is C10H14O4. The molecule has 78 valence electrons. The number of ketones is 2. The van der Waals surface area contributed by atoms with Crippen molar-refractivity contribution in [2.45, 2.75) is 38.8 Å². The van der Waals surface area contributed by atoms with E-state index in [1.165, 1.54) is 13.0 Å². The van der Waals surface area contributed by atoms with Crippen molar-refractivity contribution < 1.29 is 19.1 Å². The first-order valence-corrected chi connectivity index (χ1v) is 4.40. The average molecular weight is 198 g/mol. The fraction of sp³-hybridized carbons (Fsp3) is 0.600. The van der Waals surface area contributed by atoms with Gasteiger partial charge in [-0.25, -0.2) is 0 Å². The lowest BCUT2D eigenvalue weighted by molar-refractivity contribution is -0.156. The van der Waals surface area contributed by atoms with Crippen molar-refractivity contribution in [3.63, 3.8) is 0 Å². The van der Waals surface area contributed by atoms with Gasteiger partial charge < -0.3 is 9.47 Å². The predicted molar refractivity (Wildman–Crippen MR) is 49.7 cm³/mol. The van der Waals surface area contributed by atoms with Gasteiger partial charge in [0.15, 0.2) is 17.7 Å². The van der Waals surface area contributed by atoms with Gasteiger partial charge in [-0.3, -0.25) is 9.59 Å². The summed E-state index contributed by atoms with van der Waals surface area (Å²) in [5.41, 5.74) is 0. The molecule has 4 nitrogen and oxygen atoms in total. The lowest BCUT2D eigenvalue weighted by Crippen LogP contribution is -2.34. The number of rotatable bonds is 3. The first kappa shape index (κ1) is 11.1. The molecule has 0 aromatic rings. The quantitative estimate of drug-likeness (QED) is 0.498. The van der Waals surface area contributed by atoms with E-state index >= 15 is 0 Å². The molecule has 2 atom stereocenters. The molecule has 0 aliphatic carbocycles. The lowest BCUT2D eigenvalue weighted by atomic mass is 10.1. The zero-order chi connectivity index (χ0) is 10.9. The zero-order valence-corrected chi connectivity index (χ0v) is 8.57. The molecule has 0 unspecified atom stereocenters. The Morgan fingerprint density at radius 3 is 2.36 bits per heavy atom. The van der Waals surface area contributed by atoms with Gasteiger partial charge >= 0.3 is 0 Å². The van der Waals surface area contributed by atoms with Crippen LogP contribution in [0.25, 0.3) is 0 Å². The molecule has 1 rings (SSSR count). The smallest absolute Gasteiger partial charge is 0.229 e. The van der Waals surface area contributed by atoms with Gasteiger partial charge in [-0.05, 0) is 13.8 Å². The summed E-state index contributed by atoms with van der Waals surface area (Å²) in [6, 6.07) is 0. The number of hydrogen-bond acceptors (Lipinski definition) is 4. The van der Waals surface area contributed by atoms with Crippen molar-refractivity contribution in [3.8, 4) is 0 Å². The third-order valence-corrected chi connectivity index (χ3v) is 1.97. The summed E-state index contributed by atoms with van der Waals surface area (Å²) in [7, 11) is 0. The molecule has 1 saturated heterocycles. The first-order valence-electron chi connectivity index (χ1n) is 4.40. The van der Waals surface area contributed by atoms with Gasteiger partial charge in [0.1, 0.15) is 6.10 Å². The van der Waals surface area contributed by atoms with E-state index in [0.717, 1.165) is 0 Å². The Kier molecular flexibility index (Phi) is 2.87. The third kappa shape index (κ3) is 2.08.